The molecule has 0 spiro atoms. The minimum atomic E-state index is 0.205. The molecule has 1 aliphatic heterocycles. The highest BCUT2D eigenvalue weighted by Gasteiger charge is 2.45. The van der Waals surface area contributed by atoms with Gasteiger partial charge in [-0.1, -0.05) is 6.07 Å². The molecule has 2 aliphatic rings. The maximum Gasteiger partial charge on any atom is 0.222 e. The van der Waals surface area contributed by atoms with E-state index < -0.39 is 0 Å². The van der Waals surface area contributed by atoms with Crippen molar-refractivity contribution in [2.75, 3.05) is 20.2 Å². The Morgan fingerprint density at radius 2 is 2.23 bits per heavy atom. The van der Waals surface area contributed by atoms with Crippen LogP contribution in [0, 0.1) is 11.8 Å². The van der Waals surface area contributed by atoms with E-state index in [4.69, 9.17) is 4.74 Å². The van der Waals surface area contributed by atoms with E-state index in [1.165, 1.54) is 12.8 Å². The zero-order chi connectivity index (χ0) is 17.9. The molecule has 2 aromatic rings. The Morgan fingerprint density at radius 3 is 2.96 bits per heavy atom. The Bertz CT molecular complexity index is 743. The first-order chi connectivity index (χ1) is 12.7. The summed E-state index contributed by atoms with van der Waals surface area (Å²) in [5.74, 6) is 3.18. The molecular weight excluding hydrogens is 330 g/mol. The molecule has 0 unspecified atom stereocenters. The van der Waals surface area contributed by atoms with Crippen molar-refractivity contribution < 1.29 is 9.53 Å². The number of pyridine rings is 1. The van der Waals surface area contributed by atoms with E-state index in [1.54, 1.807) is 13.3 Å². The van der Waals surface area contributed by atoms with Gasteiger partial charge in [-0.25, -0.2) is 4.98 Å². The number of aromatic nitrogens is 4. The highest BCUT2D eigenvalue weighted by atomic mass is 16.5. The van der Waals surface area contributed by atoms with E-state index >= 15 is 0 Å². The number of nitrogens with one attached hydrogen (secondary N) is 1. The molecule has 0 bridgehead atoms. The number of ether oxygens (including phenoxy) is 1. The maximum atomic E-state index is 12.7. The largest absolute Gasteiger partial charge is 0.377 e. The first-order valence-electron chi connectivity index (χ1n) is 9.32. The lowest BCUT2D eigenvalue weighted by molar-refractivity contribution is -0.130. The Morgan fingerprint density at radius 1 is 1.35 bits per heavy atom. The monoisotopic (exact) mass is 355 g/mol. The van der Waals surface area contributed by atoms with Gasteiger partial charge in [-0.3, -0.25) is 14.9 Å². The average molecular weight is 355 g/mol. The number of nitrogens with zero attached hydrogens (tertiary/aromatic N) is 4. The number of aromatic amines is 1. The van der Waals surface area contributed by atoms with Gasteiger partial charge in [0.25, 0.3) is 0 Å². The molecule has 2 fully saturated rings. The van der Waals surface area contributed by atoms with Crippen molar-refractivity contribution in [2.45, 2.75) is 38.2 Å². The van der Waals surface area contributed by atoms with Crippen LogP contribution in [0.5, 0.6) is 0 Å². The van der Waals surface area contributed by atoms with Crippen LogP contribution in [0.4, 0.5) is 0 Å². The summed E-state index contributed by atoms with van der Waals surface area (Å²) < 4.78 is 5.12. The van der Waals surface area contributed by atoms with Gasteiger partial charge in [0.05, 0.1) is 0 Å². The van der Waals surface area contributed by atoms with Gasteiger partial charge in [0.2, 0.25) is 5.91 Å². The number of carbonyl (C=O) groups is 1. The van der Waals surface area contributed by atoms with Gasteiger partial charge in [0, 0.05) is 44.4 Å². The Hall–Kier alpha value is -2.28. The highest BCUT2D eigenvalue weighted by Crippen LogP contribution is 2.47. The van der Waals surface area contributed by atoms with Crippen molar-refractivity contribution in [3.63, 3.8) is 0 Å². The molecule has 0 radical (unpaired) electrons. The molecule has 1 amide bonds. The quantitative estimate of drug-likeness (QED) is 0.820. The summed E-state index contributed by atoms with van der Waals surface area (Å²) in [6, 6.07) is 5.83. The van der Waals surface area contributed by atoms with E-state index in [-0.39, 0.29) is 11.8 Å². The van der Waals surface area contributed by atoms with Crippen LogP contribution in [0.3, 0.4) is 0 Å². The van der Waals surface area contributed by atoms with Crippen molar-refractivity contribution in [1.82, 2.24) is 25.1 Å². The summed E-state index contributed by atoms with van der Waals surface area (Å²) in [7, 11) is 1.65. The Kier molecular flexibility index (Phi) is 4.97. The molecule has 1 aliphatic carbocycles. The normalized spacial score (nSPS) is 22.7. The zero-order valence-corrected chi connectivity index (χ0v) is 15.1. The Labute approximate surface area is 153 Å². The van der Waals surface area contributed by atoms with Gasteiger partial charge < -0.3 is 9.64 Å². The van der Waals surface area contributed by atoms with Crippen LogP contribution in [-0.2, 0) is 22.6 Å². The van der Waals surface area contributed by atoms with Gasteiger partial charge in [0.15, 0.2) is 11.6 Å². The number of hydrogen-bond donors (Lipinski definition) is 1. The van der Waals surface area contributed by atoms with E-state index in [1.807, 2.05) is 23.1 Å². The Balaban J connectivity index is 1.41. The van der Waals surface area contributed by atoms with E-state index in [0.717, 1.165) is 23.9 Å². The van der Waals surface area contributed by atoms with Crippen molar-refractivity contribution in [3.8, 4) is 0 Å². The number of carbonyl (C=O) groups excluding carboxylic acids is 1. The van der Waals surface area contributed by atoms with Crippen LogP contribution >= 0.6 is 0 Å². The van der Waals surface area contributed by atoms with E-state index in [9.17, 15) is 4.79 Å². The molecular formula is C19H25N5O2. The number of amides is 1. The van der Waals surface area contributed by atoms with Crippen molar-refractivity contribution in [1.29, 1.82) is 0 Å². The van der Waals surface area contributed by atoms with Crippen molar-refractivity contribution in [2.24, 2.45) is 11.8 Å². The number of likely N-dealkylation sites (tertiary alicyclic amines) is 1. The van der Waals surface area contributed by atoms with Crippen LogP contribution in [-0.4, -0.2) is 51.2 Å². The van der Waals surface area contributed by atoms with E-state index in [0.29, 0.717) is 37.8 Å². The minimum Gasteiger partial charge on any atom is -0.377 e. The summed E-state index contributed by atoms with van der Waals surface area (Å²) in [4.78, 5) is 23.6. The second-order valence-electron chi connectivity index (χ2n) is 7.30. The highest BCUT2D eigenvalue weighted by molar-refractivity contribution is 5.76. The first kappa shape index (κ1) is 17.1. The van der Waals surface area contributed by atoms with Gasteiger partial charge in [-0.05, 0) is 43.2 Å². The molecule has 138 valence electrons. The predicted molar refractivity (Wildman–Crippen MR) is 95.2 cm³/mol. The van der Waals surface area contributed by atoms with Gasteiger partial charge >= 0.3 is 0 Å². The molecule has 0 aromatic carbocycles. The summed E-state index contributed by atoms with van der Waals surface area (Å²) in [6.45, 7) is 1.97. The third-order valence-corrected chi connectivity index (χ3v) is 5.43. The second kappa shape index (κ2) is 7.53. The molecule has 3 heterocycles. The summed E-state index contributed by atoms with van der Waals surface area (Å²) in [5, 5.41) is 7.36. The van der Waals surface area contributed by atoms with Crippen LogP contribution in [0.15, 0.2) is 24.4 Å². The van der Waals surface area contributed by atoms with Crippen LogP contribution in [0.2, 0.25) is 0 Å². The summed E-state index contributed by atoms with van der Waals surface area (Å²) in [6.07, 6.45) is 5.48. The number of rotatable bonds is 7. The minimum absolute atomic E-state index is 0.205. The van der Waals surface area contributed by atoms with Gasteiger partial charge in [-0.2, -0.15) is 5.10 Å². The topological polar surface area (TPSA) is 84.0 Å². The van der Waals surface area contributed by atoms with Crippen LogP contribution in [0.25, 0.3) is 0 Å². The smallest absolute Gasteiger partial charge is 0.222 e. The lowest BCUT2D eigenvalue weighted by Gasteiger charge is -2.16. The predicted octanol–water partition coefficient (Wildman–Crippen LogP) is 1.93. The van der Waals surface area contributed by atoms with Gasteiger partial charge in [0.1, 0.15) is 6.61 Å². The second-order valence-corrected chi connectivity index (χ2v) is 7.30. The molecule has 26 heavy (non-hydrogen) atoms. The van der Waals surface area contributed by atoms with Crippen LogP contribution in [0.1, 0.15) is 42.5 Å². The number of H-pyrrole nitrogens is 1. The standard InChI is InChI=1S/C19H25N5O2/c1-26-12-17-21-19(23-22-17)16-11-24(10-15(16)13-5-6-13)18(25)8-7-14-4-2-3-9-20-14/h2-4,9,13,15-16H,5-8,10-12H2,1H3,(H,21,22,23)/t15-,16+/m1/s1. The third kappa shape index (κ3) is 3.77. The lowest BCUT2D eigenvalue weighted by Crippen LogP contribution is -2.29. The molecule has 7 heteroatoms. The van der Waals surface area contributed by atoms with Crippen molar-refractivity contribution >= 4 is 5.91 Å². The molecule has 2 aromatic heterocycles. The molecule has 4 rings (SSSR count). The molecule has 1 saturated heterocycles. The molecule has 1 saturated carbocycles. The lowest BCUT2D eigenvalue weighted by atomic mass is 9.91. The maximum absolute atomic E-state index is 12.7. The zero-order valence-electron chi connectivity index (χ0n) is 15.1. The first-order valence-corrected chi connectivity index (χ1v) is 9.32. The number of aryl methyl sites for hydroxylation is 1. The number of methoxy groups -OCH3 is 1. The van der Waals surface area contributed by atoms with E-state index in [2.05, 4.69) is 20.2 Å². The summed E-state index contributed by atoms with van der Waals surface area (Å²) in [5.41, 5.74) is 0.966. The fourth-order valence-electron chi connectivity index (χ4n) is 3.92. The fourth-order valence-corrected chi connectivity index (χ4v) is 3.92. The third-order valence-electron chi connectivity index (χ3n) is 5.43. The van der Waals surface area contributed by atoms with Crippen molar-refractivity contribution in [3.05, 3.63) is 41.7 Å². The summed E-state index contributed by atoms with van der Waals surface area (Å²) >= 11 is 0. The molecule has 2 atom stereocenters. The average Bonchev–Trinajstić information content (AvgIpc) is 3.24. The molecule has 7 nitrogen and oxygen atoms in total. The molecule has 1 N–H and O–H groups in total. The number of hydrogen-bond acceptors (Lipinski definition) is 5. The van der Waals surface area contributed by atoms with Gasteiger partial charge in [-0.15, -0.1) is 0 Å². The van der Waals surface area contributed by atoms with Crippen LogP contribution < -0.4 is 0 Å². The fraction of sp³-hybridized carbons (Fsp3) is 0.579. The SMILES string of the molecule is COCc1nc([C@H]2CN(C(=O)CCc3ccccn3)C[C@@H]2C2CC2)n[nH]1.